The number of hydrogen-bond acceptors (Lipinski definition) is 2. The highest BCUT2D eigenvalue weighted by atomic mass is 16.1. The van der Waals surface area contributed by atoms with Crippen LogP contribution in [0, 0.1) is 0 Å². The first-order chi connectivity index (χ1) is 7.86. The van der Waals surface area contributed by atoms with Crippen LogP contribution >= 0.6 is 0 Å². The summed E-state index contributed by atoms with van der Waals surface area (Å²) >= 11 is 0. The summed E-state index contributed by atoms with van der Waals surface area (Å²) in [6.45, 7) is 1.95. The predicted molar refractivity (Wildman–Crippen MR) is 64.4 cm³/mol. The van der Waals surface area contributed by atoms with E-state index in [0.717, 1.165) is 25.1 Å². The minimum Gasteiger partial charge on any atom is -0.348 e. The summed E-state index contributed by atoms with van der Waals surface area (Å²) in [7, 11) is 0. The van der Waals surface area contributed by atoms with Gasteiger partial charge in [-0.15, -0.1) is 0 Å². The zero-order chi connectivity index (χ0) is 11.2. The van der Waals surface area contributed by atoms with Crippen molar-refractivity contribution in [1.82, 2.24) is 10.6 Å². The van der Waals surface area contributed by atoms with Gasteiger partial charge in [-0.2, -0.15) is 0 Å². The molecule has 3 heteroatoms. The highest BCUT2D eigenvalue weighted by molar-refractivity contribution is 5.94. The fourth-order valence-electron chi connectivity index (χ4n) is 2.00. The van der Waals surface area contributed by atoms with Crippen molar-refractivity contribution < 1.29 is 4.79 Å². The van der Waals surface area contributed by atoms with E-state index in [9.17, 15) is 4.79 Å². The second kappa shape index (κ2) is 5.66. The van der Waals surface area contributed by atoms with E-state index < -0.39 is 0 Å². The SMILES string of the molecule is O=C(NC1CCCCNC1)c1ccccc1. The van der Waals surface area contributed by atoms with Gasteiger partial charge in [-0.3, -0.25) is 4.79 Å². The Morgan fingerprint density at radius 3 is 2.88 bits per heavy atom. The first-order valence-corrected chi connectivity index (χ1v) is 5.93. The zero-order valence-electron chi connectivity index (χ0n) is 9.41. The van der Waals surface area contributed by atoms with Crippen LogP contribution in [0.5, 0.6) is 0 Å². The second-order valence-electron chi connectivity index (χ2n) is 4.24. The molecule has 0 bridgehead atoms. The van der Waals surface area contributed by atoms with Gasteiger partial charge in [-0.1, -0.05) is 24.6 Å². The molecule has 1 amide bonds. The van der Waals surface area contributed by atoms with Gasteiger partial charge in [0, 0.05) is 18.2 Å². The number of hydrogen-bond donors (Lipinski definition) is 2. The van der Waals surface area contributed by atoms with Gasteiger partial charge in [-0.25, -0.2) is 0 Å². The Morgan fingerprint density at radius 1 is 1.25 bits per heavy atom. The maximum Gasteiger partial charge on any atom is 0.251 e. The van der Waals surface area contributed by atoms with E-state index in [1.54, 1.807) is 0 Å². The van der Waals surface area contributed by atoms with Gasteiger partial charge < -0.3 is 10.6 Å². The molecular formula is C13H18N2O. The van der Waals surface area contributed by atoms with E-state index in [4.69, 9.17) is 0 Å². The molecule has 1 fully saturated rings. The van der Waals surface area contributed by atoms with Gasteiger partial charge in [0.1, 0.15) is 0 Å². The molecule has 0 radical (unpaired) electrons. The first kappa shape index (κ1) is 11.1. The lowest BCUT2D eigenvalue weighted by molar-refractivity contribution is 0.0935. The van der Waals surface area contributed by atoms with Gasteiger partial charge in [0.25, 0.3) is 5.91 Å². The summed E-state index contributed by atoms with van der Waals surface area (Å²) in [5, 5.41) is 6.41. The number of amides is 1. The summed E-state index contributed by atoms with van der Waals surface area (Å²) < 4.78 is 0. The lowest BCUT2D eigenvalue weighted by Crippen LogP contribution is -2.40. The molecule has 1 aliphatic heterocycles. The Morgan fingerprint density at radius 2 is 2.06 bits per heavy atom. The zero-order valence-corrected chi connectivity index (χ0v) is 9.41. The fraction of sp³-hybridized carbons (Fsp3) is 0.462. The van der Waals surface area contributed by atoms with Crippen molar-refractivity contribution in [2.24, 2.45) is 0 Å². The minimum atomic E-state index is 0.0364. The van der Waals surface area contributed by atoms with Crippen LogP contribution < -0.4 is 10.6 Å². The number of carbonyl (C=O) groups excluding carboxylic acids is 1. The maximum atomic E-state index is 11.9. The van der Waals surface area contributed by atoms with Crippen LogP contribution in [0.25, 0.3) is 0 Å². The van der Waals surface area contributed by atoms with Crippen molar-refractivity contribution in [3.63, 3.8) is 0 Å². The molecule has 3 nitrogen and oxygen atoms in total. The van der Waals surface area contributed by atoms with E-state index in [-0.39, 0.29) is 11.9 Å². The molecule has 1 unspecified atom stereocenters. The van der Waals surface area contributed by atoms with Crippen LogP contribution in [0.4, 0.5) is 0 Å². The van der Waals surface area contributed by atoms with Crippen molar-refractivity contribution in [3.8, 4) is 0 Å². The third kappa shape index (κ3) is 3.07. The molecule has 0 spiro atoms. The third-order valence-electron chi connectivity index (χ3n) is 2.92. The molecule has 86 valence electrons. The Bertz CT molecular complexity index is 329. The van der Waals surface area contributed by atoms with Gasteiger partial charge in [0.2, 0.25) is 0 Å². The van der Waals surface area contributed by atoms with Crippen LogP contribution in [0.1, 0.15) is 29.6 Å². The van der Waals surface area contributed by atoms with Crippen LogP contribution in [0.15, 0.2) is 30.3 Å². The molecule has 1 heterocycles. The Balaban J connectivity index is 1.91. The standard InChI is InChI=1S/C13H18N2O/c16-13(11-6-2-1-3-7-11)15-12-8-4-5-9-14-10-12/h1-3,6-7,12,14H,4-5,8-10H2,(H,15,16). The number of benzene rings is 1. The average molecular weight is 218 g/mol. The molecule has 1 aromatic carbocycles. The molecule has 1 saturated heterocycles. The Hall–Kier alpha value is -1.35. The quantitative estimate of drug-likeness (QED) is 0.791. The molecule has 0 aliphatic carbocycles. The lowest BCUT2D eigenvalue weighted by Gasteiger charge is -2.16. The van der Waals surface area contributed by atoms with Crippen LogP contribution in [-0.4, -0.2) is 25.0 Å². The molecule has 0 aromatic heterocycles. The summed E-state index contributed by atoms with van der Waals surface area (Å²) in [5.74, 6) is 0.0364. The fourth-order valence-corrected chi connectivity index (χ4v) is 2.00. The largest absolute Gasteiger partial charge is 0.348 e. The third-order valence-corrected chi connectivity index (χ3v) is 2.92. The molecule has 16 heavy (non-hydrogen) atoms. The van der Waals surface area contributed by atoms with Crippen molar-refractivity contribution in [2.75, 3.05) is 13.1 Å². The van der Waals surface area contributed by atoms with Crippen molar-refractivity contribution in [2.45, 2.75) is 25.3 Å². The van der Waals surface area contributed by atoms with Crippen molar-refractivity contribution in [3.05, 3.63) is 35.9 Å². The monoisotopic (exact) mass is 218 g/mol. The highest BCUT2D eigenvalue weighted by Crippen LogP contribution is 2.05. The van der Waals surface area contributed by atoms with Gasteiger partial charge in [0.15, 0.2) is 0 Å². The number of rotatable bonds is 2. The summed E-state index contributed by atoms with van der Waals surface area (Å²) in [6.07, 6.45) is 3.47. The van der Waals surface area contributed by atoms with E-state index in [1.807, 2.05) is 30.3 Å². The van der Waals surface area contributed by atoms with E-state index >= 15 is 0 Å². The van der Waals surface area contributed by atoms with Crippen molar-refractivity contribution >= 4 is 5.91 Å². The van der Waals surface area contributed by atoms with E-state index in [2.05, 4.69) is 10.6 Å². The molecule has 1 atom stereocenters. The molecule has 2 N–H and O–H groups in total. The predicted octanol–water partition coefficient (Wildman–Crippen LogP) is 1.56. The number of nitrogens with one attached hydrogen (secondary N) is 2. The van der Waals surface area contributed by atoms with E-state index in [0.29, 0.717) is 0 Å². The molecule has 1 aliphatic rings. The van der Waals surface area contributed by atoms with Gasteiger partial charge in [0.05, 0.1) is 0 Å². The summed E-state index contributed by atoms with van der Waals surface area (Å²) in [6, 6.07) is 9.67. The first-order valence-electron chi connectivity index (χ1n) is 5.93. The maximum absolute atomic E-state index is 11.9. The summed E-state index contributed by atoms with van der Waals surface area (Å²) in [4.78, 5) is 11.9. The molecular weight excluding hydrogens is 200 g/mol. The van der Waals surface area contributed by atoms with Crippen molar-refractivity contribution in [1.29, 1.82) is 0 Å². The Labute approximate surface area is 96.2 Å². The normalized spacial score (nSPS) is 21.1. The topological polar surface area (TPSA) is 41.1 Å². The molecule has 2 rings (SSSR count). The second-order valence-corrected chi connectivity index (χ2v) is 4.24. The number of carbonyl (C=O) groups is 1. The van der Waals surface area contributed by atoms with Crippen LogP contribution in [0.2, 0.25) is 0 Å². The smallest absolute Gasteiger partial charge is 0.251 e. The molecule has 0 saturated carbocycles. The summed E-state index contributed by atoms with van der Waals surface area (Å²) in [5.41, 5.74) is 0.742. The van der Waals surface area contributed by atoms with Gasteiger partial charge >= 0.3 is 0 Å². The highest BCUT2D eigenvalue weighted by Gasteiger charge is 2.14. The van der Waals surface area contributed by atoms with E-state index in [1.165, 1.54) is 12.8 Å². The van der Waals surface area contributed by atoms with Crippen LogP contribution in [0.3, 0.4) is 0 Å². The van der Waals surface area contributed by atoms with Gasteiger partial charge in [-0.05, 0) is 31.5 Å². The Kier molecular flexibility index (Phi) is 3.94. The van der Waals surface area contributed by atoms with Crippen LogP contribution in [-0.2, 0) is 0 Å². The minimum absolute atomic E-state index is 0.0364. The lowest BCUT2D eigenvalue weighted by atomic mass is 10.1. The average Bonchev–Trinajstić information content (AvgIpc) is 2.59. The molecule has 1 aromatic rings.